The number of alkyl halides is 2. The van der Waals surface area contributed by atoms with Crippen LogP contribution in [0.2, 0.25) is 0 Å². The highest BCUT2D eigenvalue weighted by molar-refractivity contribution is 7.98. The third kappa shape index (κ3) is 3.02. The van der Waals surface area contributed by atoms with Crippen LogP contribution in [0.5, 0.6) is 0 Å². The lowest BCUT2D eigenvalue weighted by Gasteiger charge is -2.27. The van der Waals surface area contributed by atoms with Gasteiger partial charge in [0.15, 0.2) is 0 Å². The van der Waals surface area contributed by atoms with E-state index in [4.69, 9.17) is 0 Å². The zero-order valence-corrected chi connectivity index (χ0v) is 16.4. The largest absolute Gasteiger partial charge is 0.322 e. The van der Waals surface area contributed by atoms with Crippen molar-refractivity contribution in [1.29, 1.82) is 0 Å². The fourth-order valence-electron chi connectivity index (χ4n) is 3.67. The molecule has 1 aliphatic rings. The molecule has 0 saturated carbocycles. The Kier molecular flexibility index (Phi) is 4.86. The van der Waals surface area contributed by atoms with E-state index in [1.807, 2.05) is 18.4 Å². The average Bonchev–Trinajstić information content (AvgIpc) is 3.07. The Morgan fingerprint density at radius 1 is 1.42 bits per heavy atom. The summed E-state index contributed by atoms with van der Waals surface area (Å²) >= 11 is 1.69. The first-order valence-electron chi connectivity index (χ1n) is 8.50. The van der Waals surface area contributed by atoms with Crippen molar-refractivity contribution >= 4 is 23.4 Å². The molecule has 0 radical (unpaired) electrons. The van der Waals surface area contributed by atoms with Crippen molar-refractivity contribution in [3.8, 4) is 0 Å². The molecule has 0 saturated heterocycles. The molecule has 1 aromatic carbocycles. The second kappa shape index (κ2) is 6.68. The third-order valence-electron chi connectivity index (χ3n) is 5.44. The van der Waals surface area contributed by atoms with Gasteiger partial charge >= 0.3 is 0 Å². The maximum absolute atomic E-state index is 13.2. The predicted molar refractivity (Wildman–Crippen MR) is 100 cm³/mol. The van der Waals surface area contributed by atoms with Crippen LogP contribution in [0.4, 0.5) is 14.5 Å². The number of nitrogens with one attached hydrogen (secondary N) is 1. The van der Waals surface area contributed by atoms with Gasteiger partial charge in [-0.1, -0.05) is 20.8 Å². The van der Waals surface area contributed by atoms with E-state index in [0.717, 1.165) is 12.0 Å². The fourth-order valence-corrected chi connectivity index (χ4v) is 4.47. The van der Waals surface area contributed by atoms with Gasteiger partial charge in [0.2, 0.25) is 0 Å². The summed E-state index contributed by atoms with van der Waals surface area (Å²) in [5, 5.41) is 6.55. The number of fused-ring (bicyclic) bond motifs is 1. The van der Waals surface area contributed by atoms with Crippen molar-refractivity contribution in [2.75, 3.05) is 11.6 Å². The van der Waals surface area contributed by atoms with Gasteiger partial charge in [0.25, 0.3) is 12.3 Å². The lowest BCUT2D eigenvalue weighted by Crippen LogP contribution is -2.22. The summed E-state index contributed by atoms with van der Waals surface area (Å²) in [4.78, 5) is 13.8. The number of halogens is 2. The maximum Gasteiger partial charge on any atom is 0.282 e. The number of aromatic nitrogens is 2. The predicted octanol–water partition coefficient (Wildman–Crippen LogP) is 4.80. The minimum atomic E-state index is -2.79. The van der Waals surface area contributed by atoms with E-state index < -0.39 is 18.0 Å². The zero-order chi connectivity index (χ0) is 19.2. The molecule has 4 nitrogen and oxygen atoms in total. The number of amides is 1. The first-order valence-corrected chi connectivity index (χ1v) is 9.72. The number of hydrogen-bond acceptors (Lipinski definition) is 3. The SMILES string of the molecule is CSc1ccc(NC(=O)c2cn(C)nc2C(F)F)c2c1C(C)(C)C(C)C2. The topological polar surface area (TPSA) is 46.9 Å². The Bertz CT molecular complexity index is 861. The summed E-state index contributed by atoms with van der Waals surface area (Å²) in [7, 11) is 1.53. The van der Waals surface area contributed by atoms with Gasteiger partial charge in [-0.2, -0.15) is 5.10 Å². The molecule has 1 aliphatic carbocycles. The van der Waals surface area contributed by atoms with Crippen molar-refractivity contribution in [1.82, 2.24) is 9.78 Å². The molecular formula is C19H23F2N3OS. The van der Waals surface area contributed by atoms with Gasteiger partial charge in [-0.25, -0.2) is 8.78 Å². The molecule has 140 valence electrons. The molecule has 0 spiro atoms. The molecule has 0 bridgehead atoms. The molecule has 26 heavy (non-hydrogen) atoms. The van der Waals surface area contributed by atoms with Gasteiger partial charge in [0.1, 0.15) is 5.69 Å². The van der Waals surface area contributed by atoms with E-state index in [0.29, 0.717) is 11.6 Å². The first-order chi connectivity index (χ1) is 12.2. The zero-order valence-electron chi connectivity index (χ0n) is 15.6. The molecule has 1 atom stereocenters. The van der Waals surface area contributed by atoms with E-state index in [1.165, 1.54) is 28.4 Å². The number of thioether (sulfide) groups is 1. The molecule has 0 fully saturated rings. The summed E-state index contributed by atoms with van der Waals surface area (Å²) < 4.78 is 27.5. The molecular weight excluding hydrogens is 356 g/mol. The second-order valence-electron chi connectivity index (χ2n) is 7.35. The highest BCUT2D eigenvalue weighted by Crippen LogP contribution is 2.49. The van der Waals surface area contributed by atoms with Crippen molar-refractivity contribution in [2.45, 2.75) is 43.9 Å². The summed E-state index contributed by atoms with van der Waals surface area (Å²) in [6.07, 6.45) is 1.43. The van der Waals surface area contributed by atoms with Crippen LogP contribution in [-0.2, 0) is 18.9 Å². The van der Waals surface area contributed by atoms with Crippen LogP contribution in [0.15, 0.2) is 23.2 Å². The molecule has 1 amide bonds. The van der Waals surface area contributed by atoms with E-state index >= 15 is 0 Å². The van der Waals surface area contributed by atoms with Gasteiger partial charge in [0.05, 0.1) is 5.56 Å². The number of carbonyl (C=O) groups is 1. The number of nitrogens with zero attached hydrogens (tertiary/aromatic N) is 2. The fraction of sp³-hybridized carbons (Fsp3) is 0.474. The number of rotatable bonds is 4. The first kappa shape index (κ1) is 18.9. The van der Waals surface area contributed by atoms with Crippen LogP contribution in [0, 0.1) is 5.92 Å². The van der Waals surface area contributed by atoms with E-state index in [-0.39, 0.29) is 11.0 Å². The molecule has 3 rings (SSSR count). The standard InChI is InChI=1S/C19H23F2N3OS/c1-10-8-11-13(6-7-14(26-5)15(11)19(10,2)3)22-18(25)12-9-24(4)23-16(12)17(20)21/h6-7,9-10,17H,8H2,1-5H3,(H,22,25). The third-order valence-corrected chi connectivity index (χ3v) is 6.22. The highest BCUT2D eigenvalue weighted by atomic mass is 32.2. The van der Waals surface area contributed by atoms with Crippen LogP contribution in [-0.4, -0.2) is 21.9 Å². The smallest absolute Gasteiger partial charge is 0.282 e. The van der Waals surface area contributed by atoms with Gasteiger partial charge in [0, 0.05) is 23.8 Å². The van der Waals surface area contributed by atoms with E-state index in [2.05, 4.69) is 31.2 Å². The highest BCUT2D eigenvalue weighted by Gasteiger charge is 2.40. The van der Waals surface area contributed by atoms with E-state index in [9.17, 15) is 13.6 Å². The maximum atomic E-state index is 13.2. The quantitative estimate of drug-likeness (QED) is 0.776. The number of aryl methyl sites for hydroxylation is 1. The Hall–Kier alpha value is -1.89. The Balaban J connectivity index is 2.00. The monoisotopic (exact) mass is 379 g/mol. The Labute approximate surface area is 156 Å². The van der Waals surface area contributed by atoms with Crippen LogP contribution in [0.3, 0.4) is 0 Å². The lowest BCUT2D eigenvalue weighted by molar-refractivity contribution is 0.101. The van der Waals surface area contributed by atoms with Crippen molar-refractivity contribution in [2.24, 2.45) is 13.0 Å². The van der Waals surface area contributed by atoms with Crippen LogP contribution in [0.25, 0.3) is 0 Å². The number of carbonyl (C=O) groups excluding carboxylic acids is 1. The van der Waals surface area contributed by atoms with E-state index in [1.54, 1.807) is 11.8 Å². The molecule has 7 heteroatoms. The Morgan fingerprint density at radius 2 is 2.12 bits per heavy atom. The van der Waals surface area contributed by atoms with Crippen LogP contribution < -0.4 is 5.32 Å². The molecule has 1 heterocycles. The molecule has 0 aliphatic heterocycles. The summed E-state index contributed by atoms with van der Waals surface area (Å²) in [5.41, 5.74) is 2.47. The summed E-state index contributed by atoms with van der Waals surface area (Å²) in [6, 6.07) is 3.87. The number of benzene rings is 1. The van der Waals surface area contributed by atoms with Crippen LogP contribution >= 0.6 is 11.8 Å². The van der Waals surface area contributed by atoms with Gasteiger partial charge in [-0.05, 0) is 47.3 Å². The van der Waals surface area contributed by atoms with Gasteiger partial charge in [-0.15, -0.1) is 11.8 Å². The number of hydrogen-bond donors (Lipinski definition) is 1. The van der Waals surface area contributed by atoms with Gasteiger partial charge < -0.3 is 5.32 Å². The van der Waals surface area contributed by atoms with Crippen LogP contribution in [0.1, 0.15) is 54.4 Å². The minimum Gasteiger partial charge on any atom is -0.322 e. The molecule has 1 aromatic heterocycles. The molecule has 1 N–H and O–H groups in total. The summed E-state index contributed by atoms with van der Waals surface area (Å²) in [6.45, 7) is 6.63. The second-order valence-corrected chi connectivity index (χ2v) is 8.20. The summed E-state index contributed by atoms with van der Waals surface area (Å²) in [5.74, 6) is -0.124. The average molecular weight is 379 g/mol. The molecule has 2 aromatic rings. The molecule has 1 unspecified atom stereocenters. The minimum absolute atomic E-state index is 0.00313. The van der Waals surface area contributed by atoms with Crippen molar-refractivity contribution in [3.05, 3.63) is 40.7 Å². The number of anilines is 1. The Morgan fingerprint density at radius 3 is 2.73 bits per heavy atom. The lowest BCUT2D eigenvalue weighted by atomic mass is 9.79. The van der Waals surface area contributed by atoms with Crippen molar-refractivity contribution < 1.29 is 13.6 Å². The normalized spacial score (nSPS) is 18.2. The van der Waals surface area contributed by atoms with Gasteiger partial charge in [-0.3, -0.25) is 9.48 Å². The van der Waals surface area contributed by atoms with Crippen molar-refractivity contribution in [3.63, 3.8) is 0 Å².